The number of carbonyl (C=O) groups is 2. The van der Waals surface area contributed by atoms with Gasteiger partial charge in [0, 0.05) is 27.5 Å². The molecule has 0 saturated heterocycles. The fourth-order valence-corrected chi connectivity index (χ4v) is 4.85. The number of hydrogen-bond acceptors (Lipinski definition) is 7. The molecule has 1 atom stereocenters. The Balaban J connectivity index is 1.66. The van der Waals surface area contributed by atoms with Crippen molar-refractivity contribution < 1.29 is 14.3 Å². The van der Waals surface area contributed by atoms with Gasteiger partial charge < -0.3 is 15.0 Å². The average molecular weight is 553 g/mol. The highest BCUT2D eigenvalue weighted by Gasteiger charge is 2.34. The number of aromatic nitrogens is 4. The van der Waals surface area contributed by atoms with E-state index >= 15 is 0 Å². The molecule has 38 heavy (non-hydrogen) atoms. The Morgan fingerprint density at radius 2 is 1.84 bits per heavy atom. The summed E-state index contributed by atoms with van der Waals surface area (Å²) in [7, 11) is 1.59. The minimum atomic E-state index is -0.873. The Labute approximate surface area is 230 Å². The minimum Gasteiger partial charge on any atom is -0.497 e. The van der Waals surface area contributed by atoms with Crippen LogP contribution in [0, 0.1) is 0 Å². The van der Waals surface area contributed by atoms with Gasteiger partial charge in [-0.3, -0.25) is 9.59 Å². The van der Waals surface area contributed by atoms with Gasteiger partial charge in [0.25, 0.3) is 0 Å². The van der Waals surface area contributed by atoms with Crippen LogP contribution in [0.25, 0.3) is 11.4 Å². The summed E-state index contributed by atoms with van der Waals surface area (Å²) in [5.41, 5.74) is 0.962. The number of nitrogens with one attached hydrogen (secondary N) is 1. The van der Waals surface area contributed by atoms with Gasteiger partial charge in [-0.15, -0.1) is 21.5 Å². The van der Waals surface area contributed by atoms with E-state index in [1.54, 1.807) is 25.3 Å². The fraction of sp³-hybridized carbons (Fsp3) is 0.296. The first-order valence-electron chi connectivity index (χ1n) is 11.9. The predicted octanol–water partition coefficient (Wildman–Crippen LogP) is 4.75. The zero-order chi connectivity index (χ0) is 27.3. The van der Waals surface area contributed by atoms with Crippen molar-refractivity contribution >= 4 is 34.8 Å². The first-order valence-corrected chi connectivity index (χ1v) is 13.2. The second-order valence-corrected chi connectivity index (χ2v) is 11.0. The molecule has 2 amide bonds. The lowest BCUT2D eigenvalue weighted by atomic mass is 10.1. The summed E-state index contributed by atoms with van der Waals surface area (Å²) in [6.07, 6.45) is 0. The van der Waals surface area contributed by atoms with Crippen molar-refractivity contribution in [3.8, 4) is 17.1 Å². The lowest BCUT2D eigenvalue weighted by Crippen LogP contribution is -2.49. The molecule has 4 aromatic rings. The Morgan fingerprint density at radius 1 is 1.11 bits per heavy atom. The smallest absolute Gasteiger partial charge is 0.248 e. The van der Waals surface area contributed by atoms with Crippen molar-refractivity contribution in [1.82, 2.24) is 30.4 Å². The maximum atomic E-state index is 13.8. The molecule has 9 nitrogen and oxygen atoms in total. The first-order chi connectivity index (χ1) is 18.1. The van der Waals surface area contributed by atoms with E-state index in [1.165, 1.54) is 21.0 Å². The Morgan fingerprint density at radius 3 is 2.47 bits per heavy atom. The molecule has 0 aliphatic carbocycles. The largest absolute Gasteiger partial charge is 0.497 e. The van der Waals surface area contributed by atoms with Crippen LogP contribution in [0.4, 0.5) is 0 Å². The summed E-state index contributed by atoms with van der Waals surface area (Å²) in [6.45, 7) is 5.61. The van der Waals surface area contributed by atoms with Gasteiger partial charge in [-0.25, -0.2) is 0 Å². The fourth-order valence-electron chi connectivity index (χ4n) is 3.82. The average Bonchev–Trinajstić information content (AvgIpc) is 3.56. The molecule has 1 unspecified atom stereocenters. The number of nitrogens with zero attached hydrogens (tertiary/aromatic N) is 5. The van der Waals surface area contributed by atoms with Crippen molar-refractivity contribution in [2.45, 2.75) is 45.4 Å². The van der Waals surface area contributed by atoms with Gasteiger partial charge in [0.1, 0.15) is 18.3 Å². The molecule has 1 N–H and O–H groups in total. The van der Waals surface area contributed by atoms with Crippen LogP contribution in [-0.4, -0.2) is 49.6 Å². The third kappa shape index (κ3) is 6.76. The number of benzene rings is 2. The Bertz CT molecular complexity index is 1380. The quantitative estimate of drug-likeness (QED) is 0.321. The number of hydrogen-bond donors (Lipinski definition) is 1. The van der Waals surface area contributed by atoms with Crippen molar-refractivity contribution in [2.24, 2.45) is 0 Å². The van der Waals surface area contributed by atoms with E-state index < -0.39 is 11.6 Å². The number of tetrazole rings is 1. The van der Waals surface area contributed by atoms with E-state index in [2.05, 4.69) is 20.7 Å². The summed E-state index contributed by atoms with van der Waals surface area (Å²) in [5.74, 6) is 0.440. The molecule has 0 saturated carbocycles. The zero-order valence-corrected chi connectivity index (χ0v) is 23.2. The third-order valence-corrected chi connectivity index (χ3v) is 6.86. The maximum absolute atomic E-state index is 13.8. The summed E-state index contributed by atoms with van der Waals surface area (Å²) in [6, 6.07) is 17.3. The van der Waals surface area contributed by atoms with Gasteiger partial charge in [-0.05, 0) is 73.3 Å². The van der Waals surface area contributed by atoms with Gasteiger partial charge in [0.15, 0.2) is 0 Å². The van der Waals surface area contributed by atoms with Gasteiger partial charge in [0.05, 0.1) is 7.11 Å². The number of rotatable bonds is 9. The van der Waals surface area contributed by atoms with E-state index in [0.29, 0.717) is 16.6 Å². The number of methoxy groups -OCH3 is 1. The molecule has 0 radical (unpaired) electrons. The highest BCUT2D eigenvalue weighted by Crippen LogP contribution is 2.30. The summed E-state index contributed by atoms with van der Waals surface area (Å²) in [4.78, 5) is 30.9. The summed E-state index contributed by atoms with van der Waals surface area (Å²) >= 11 is 7.87. The number of halogens is 1. The molecule has 4 rings (SSSR count). The molecule has 0 spiro atoms. The van der Waals surface area contributed by atoms with Crippen molar-refractivity contribution in [1.29, 1.82) is 0 Å². The Kier molecular flexibility index (Phi) is 8.43. The Hall–Kier alpha value is -3.76. The molecular weight excluding hydrogens is 524 g/mol. The molecular formula is C27H29ClN6O3S. The van der Waals surface area contributed by atoms with Gasteiger partial charge in [-0.1, -0.05) is 35.9 Å². The normalized spacial score (nSPS) is 12.1. The van der Waals surface area contributed by atoms with Crippen LogP contribution in [0.1, 0.15) is 37.3 Å². The highest BCUT2D eigenvalue weighted by molar-refractivity contribution is 7.10. The van der Waals surface area contributed by atoms with E-state index in [0.717, 1.165) is 16.0 Å². The minimum absolute atomic E-state index is 0.124. The molecule has 2 aromatic heterocycles. The van der Waals surface area contributed by atoms with E-state index in [1.807, 2.05) is 68.6 Å². The summed E-state index contributed by atoms with van der Waals surface area (Å²) < 4.78 is 5.20. The van der Waals surface area contributed by atoms with Crippen LogP contribution in [0.3, 0.4) is 0 Å². The molecule has 0 fully saturated rings. The van der Waals surface area contributed by atoms with Crippen molar-refractivity contribution in [2.75, 3.05) is 7.11 Å². The third-order valence-electron chi connectivity index (χ3n) is 5.57. The second-order valence-electron chi connectivity index (χ2n) is 9.64. The molecule has 11 heteroatoms. The topological polar surface area (TPSA) is 102 Å². The van der Waals surface area contributed by atoms with Crippen molar-refractivity contribution in [3.63, 3.8) is 0 Å². The molecule has 0 aliphatic rings. The molecule has 2 aromatic carbocycles. The number of amides is 2. The molecule has 0 aliphatic heterocycles. The van der Waals surface area contributed by atoms with Crippen LogP contribution in [-0.2, 0) is 22.7 Å². The molecule has 198 valence electrons. The number of thiophene rings is 1. The first kappa shape index (κ1) is 27.3. The van der Waals surface area contributed by atoms with Gasteiger partial charge in [-0.2, -0.15) is 4.80 Å². The molecule has 2 heterocycles. The van der Waals surface area contributed by atoms with Crippen LogP contribution in [0.15, 0.2) is 66.0 Å². The van der Waals surface area contributed by atoms with Crippen LogP contribution in [0.2, 0.25) is 5.02 Å². The lowest BCUT2D eigenvalue weighted by Gasteiger charge is -2.33. The van der Waals surface area contributed by atoms with Crippen LogP contribution in [0.5, 0.6) is 5.75 Å². The van der Waals surface area contributed by atoms with Gasteiger partial charge in [0.2, 0.25) is 17.6 Å². The maximum Gasteiger partial charge on any atom is 0.248 e. The zero-order valence-electron chi connectivity index (χ0n) is 21.6. The number of carbonyl (C=O) groups excluding carboxylic acids is 2. The predicted molar refractivity (Wildman–Crippen MR) is 147 cm³/mol. The standard InChI is InChI=1S/C27H29ClN6O3S/c1-27(2,3)29-26(36)24(22-10-7-15-38-22)33(16-19-8-5-6-9-21(19)28)23(35)17-34-31-25(30-32-34)18-11-13-20(37-4)14-12-18/h5-15,24H,16-17H2,1-4H3,(H,29,36). The van der Waals surface area contributed by atoms with Crippen molar-refractivity contribution in [3.05, 3.63) is 81.5 Å². The van der Waals surface area contributed by atoms with E-state index in [-0.39, 0.29) is 24.9 Å². The lowest BCUT2D eigenvalue weighted by molar-refractivity contribution is -0.143. The highest BCUT2D eigenvalue weighted by atomic mass is 35.5. The SMILES string of the molecule is COc1ccc(-c2nnn(CC(=O)N(Cc3ccccc3Cl)C(C(=O)NC(C)(C)C)c3cccs3)n2)cc1. The summed E-state index contributed by atoms with van der Waals surface area (Å²) in [5, 5.41) is 18.0. The van der Waals surface area contributed by atoms with Crippen LogP contribution >= 0.6 is 22.9 Å². The molecule has 0 bridgehead atoms. The van der Waals surface area contributed by atoms with E-state index in [4.69, 9.17) is 16.3 Å². The van der Waals surface area contributed by atoms with E-state index in [9.17, 15) is 9.59 Å². The number of ether oxygens (including phenoxy) is 1. The monoisotopic (exact) mass is 552 g/mol. The van der Waals surface area contributed by atoms with Crippen LogP contribution < -0.4 is 10.1 Å². The second kappa shape index (κ2) is 11.7. The van der Waals surface area contributed by atoms with Gasteiger partial charge >= 0.3 is 0 Å².